The van der Waals surface area contributed by atoms with Gasteiger partial charge < -0.3 is 5.32 Å². The van der Waals surface area contributed by atoms with Gasteiger partial charge in [0.15, 0.2) is 0 Å². The number of amides is 1. The molecule has 0 aromatic heterocycles. The maximum absolute atomic E-state index is 10.4. The van der Waals surface area contributed by atoms with Crippen molar-refractivity contribution in [1.82, 2.24) is 0 Å². The Bertz CT molecular complexity index is 255. The molecule has 0 saturated heterocycles. The number of halogens is 3. The first-order valence-electron chi connectivity index (χ1n) is 5.75. The second kappa shape index (κ2) is 15.5. The van der Waals surface area contributed by atoms with Gasteiger partial charge in [0.2, 0.25) is 6.41 Å². The van der Waals surface area contributed by atoms with Crippen LogP contribution in [0.1, 0.15) is 34.6 Å². The van der Waals surface area contributed by atoms with Crippen LogP contribution in [0, 0.1) is 0 Å². The summed E-state index contributed by atoms with van der Waals surface area (Å²) in [5, 5.41) is 2.53. The summed E-state index contributed by atoms with van der Waals surface area (Å²) >= 11 is 0. The van der Waals surface area contributed by atoms with Gasteiger partial charge in [-0.05, 0) is 12.1 Å². The van der Waals surface area contributed by atoms with Gasteiger partial charge in [0, 0.05) is 12.6 Å². The van der Waals surface area contributed by atoms with Crippen LogP contribution < -0.4 is 5.32 Å². The molecule has 1 aromatic rings. The molecule has 2 nitrogen and oxygen atoms in total. The van der Waals surface area contributed by atoms with Crippen LogP contribution in [-0.2, 0) is 4.79 Å². The van der Waals surface area contributed by atoms with Crippen LogP contribution in [0.5, 0.6) is 0 Å². The summed E-state index contributed by atoms with van der Waals surface area (Å²) in [4.78, 5) is 9.86. The molecule has 1 N–H and O–H groups in total. The van der Waals surface area contributed by atoms with E-state index in [0.717, 1.165) is 5.69 Å². The predicted octanol–water partition coefficient (Wildman–Crippen LogP) is 4.88. The van der Waals surface area contributed by atoms with Crippen LogP contribution in [-0.4, -0.2) is 12.6 Å². The number of carbonyl (C=O) groups excluding carboxylic acids is 1. The quantitative estimate of drug-likeness (QED) is 0.759. The maximum atomic E-state index is 10.4. The van der Waals surface area contributed by atoms with E-state index in [4.69, 9.17) is 0 Å². The van der Waals surface area contributed by atoms with E-state index in [-0.39, 0.29) is 6.92 Å². The Morgan fingerprint density at radius 2 is 1.33 bits per heavy atom. The highest BCUT2D eigenvalue weighted by molar-refractivity contribution is 5.70. The molecule has 106 valence electrons. The minimum atomic E-state index is -4.00. The van der Waals surface area contributed by atoms with Crippen LogP contribution >= 0.6 is 0 Å². The molecule has 0 aliphatic heterocycles. The lowest BCUT2D eigenvalue weighted by atomic mass is 10.3. The van der Waals surface area contributed by atoms with E-state index in [9.17, 15) is 18.0 Å². The van der Waals surface area contributed by atoms with Crippen LogP contribution in [0.25, 0.3) is 0 Å². The number of hydrogen-bond donors (Lipinski definition) is 1. The number of benzene rings is 1. The first kappa shape index (κ1) is 21.7. The molecule has 1 rings (SSSR count). The zero-order valence-corrected chi connectivity index (χ0v) is 11.5. The van der Waals surface area contributed by atoms with Crippen LogP contribution in [0.15, 0.2) is 30.3 Å². The normalized spacial score (nSPS) is 8.22. The summed E-state index contributed by atoms with van der Waals surface area (Å²) in [6.45, 7) is 8.19. The smallest absolute Gasteiger partial charge is 0.329 e. The Balaban J connectivity index is -0.000000215. The van der Waals surface area contributed by atoms with Crippen molar-refractivity contribution in [2.75, 3.05) is 5.32 Å². The number of anilines is 1. The summed E-state index contributed by atoms with van der Waals surface area (Å²) in [5.41, 5.74) is 0.826. The summed E-state index contributed by atoms with van der Waals surface area (Å²) in [6, 6.07) is 9.29. The zero-order valence-electron chi connectivity index (χ0n) is 11.5. The standard InChI is InChI=1S/C7H7NO.C2H3F3.2C2H6/c9-6-8-7-4-2-1-3-5-7;1-2(3,4)5;2*1-2/h1-6H,(H,8,9);1H3;2*1-2H3. The van der Waals surface area contributed by atoms with Crippen molar-refractivity contribution >= 4 is 12.1 Å². The van der Waals surface area contributed by atoms with Crippen molar-refractivity contribution in [3.05, 3.63) is 30.3 Å². The van der Waals surface area contributed by atoms with Crippen LogP contribution in [0.2, 0.25) is 0 Å². The number of nitrogens with one attached hydrogen (secondary N) is 1. The number of hydrogen-bond acceptors (Lipinski definition) is 1. The number of alkyl halides is 3. The summed E-state index contributed by atoms with van der Waals surface area (Å²) in [7, 11) is 0. The van der Waals surface area contributed by atoms with E-state index >= 15 is 0 Å². The molecule has 5 heteroatoms. The van der Waals surface area contributed by atoms with Crippen molar-refractivity contribution < 1.29 is 18.0 Å². The predicted molar refractivity (Wildman–Crippen MR) is 70.6 cm³/mol. The Hall–Kier alpha value is -1.52. The van der Waals surface area contributed by atoms with E-state index < -0.39 is 6.18 Å². The van der Waals surface area contributed by atoms with Gasteiger partial charge in [-0.1, -0.05) is 45.9 Å². The van der Waals surface area contributed by atoms with Crippen LogP contribution in [0.3, 0.4) is 0 Å². The molecule has 0 heterocycles. The molecule has 0 bridgehead atoms. The Morgan fingerprint density at radius 1 is 1.00 bits per heavy atom. The van der Waals surface area contributed by atoms with Gasteiger partial charge in [-0.15, -0.1) is 0 Å². The molecule has 0 aliphatic carbocycles. The Kier molecular flexibility index (Phi) is 18.7. The fourth-order valence-electron chi connectivity index (χ4n) is 0.602. The molecular formula is C13H22F3NO. The molecule has 1 aromatic carbocycles. The lowest BCUT2D eigenvalue weighted by molar-refractivity contribution is -0.110. The Morgan fingerprint density at radius 3 is 1.61 bits per heavy atom. The van der Waals surface area contributed by atoms with E-state index in [1.54, 1.807) is 0 Å². The molecule has 0 atom stereocenters. The van der Waals surface area contributed by atoms with Gasteiger partial charge in [-0.2, -0.15) is 13.2 Å². The highest BCUT2D eigenvalue weighted by Crippen LogP contribution is 2.10. The average molecular weight is 265 g/mol. The van der Waals surface area contributed by atoms with E-state index in [1.165, 1.54) is 0 Å². The third kappa shape index (κ3) is 29.3. The summed E-state index contributed by atoms with van der Waals surface area (Å²) in [5.74, 6) is 0. The molecule has 0 saturated carbocycles. The molecular weight excluding hydrogens is 243 g/mol. The average Bonchev–Trinajstić information content (AvgIpc) is 2.34. The minimum absolute atomic E-state index is 0.188. The van der Waals surface area contributed by atoms with Crippen molar-refractivity contribution in [3.8, 4) is 0 Å². The van der Waals surface area contributed by atoms with E-state index in [2.05, 4.69) is 5.32 Å². The third-order valence-electron chi connectivity index (χ3n) is 0.999. The third-order valence-corrected chi connectivity index (χ3v) is 0.999. The van der Waals surface area contributed by atoms with Gasteiger partial charge >= 0.3 is 6.18 Å². The van der Waals surface area contributed by atoms with E-state index in [0.29, 0.717) is 6.41 Å². The second-order valence-electron chi connectivity index (χ2n) is 2.41. The number of rotatable bonds is 2. The monoisotopic (exact) mass is 265 g/mol. The highest BCUT2D eigenvalue weighted by atomic mass is 19.4. The fourth-order valence-corrected chi connectivity index (χ4v) is 0.602. The maximum Gasteiger partial charge on any atom is 0.386 e. The Labute approximate surface area is 107 Å². The number of para-hydroxylation sites is 1. The van der Waals surface area contributed by atoms with Gasteiger partial charge in [0.05, 0.1) is 0 Å². The molecule has 0 aliphatic rings. The van der Waals surface area contributed by atoms with Gasteiger partial charge in [-0.25, -0.2) is 0 Å². The lowest BCUT2D eigenvalue weighted by Gasteiger charge is -1.93. The van der Waals surface area contributed by atoms with Crippen molar-refractivity contribution in [3.63, 3.8) is 0 Å². The molecule has 0 unspecified atom stereocenters. The highest BCUT2D eigenvalue weighted by Gasteiger charge is 2.15. The fraction of sp³-hybridized carbons (Fsp3) is 0.462. The van der Waals surface area contributed by atoms with E-state index in [1.807, 2.05) is 58.0 Å². The second-order valence-corrected chi connectivity index (χ2v) is 2.41. The van der Waals surface area contributed by atoms with Crippen molar-refractivity contribution in [2.45, 2.75) is 40.8 Å². The van der Waals surface area contributed by atoms with Gasteiger partial charge in [-0.3, -0.25) is 4.79 Å². The first-order valence-corrected chi connectivity index (χ1v) is 5.75. The van der Waals surface area contributed by atoms with Gasteiger partial charge in [0.1, 0.15) is 0 Å². The summed E-state index contributed by atoms with van der Waals surface area (Å²) in [6.07, 6.45) is -3.34. The van der Waals surface area contributed by atoms with Gasteiger partial charge in [0.25, 0.3) is 0 Å². The largest absolute Gasteiger partial charge is 0.386 e. The SMILES string of the molecule is CC.CC.CC(F)(F)F.O=CNc1ccccc1. The molecule has 18 heavy (non-hydrogen) atoms. The van der Waals surface area contributed by atoms with Crippen molar-refractivity contribution in [1.29, 1.82) is 0 Å². The lowest BCUT2D eigenvalue weighted by Crippen LogP contribution is -1.95. The first-order chi connectivity index (χ1) is 8.43. The minimum Gasteiger partial charge on any atom is -0.329 e. The van der Waals surface area contributed by atoms with Crippen molar-refractivity contribution in [2.24, 2.45) is 0 Å². The molecule has 0 fully saturated rings. The molecule has 0 radical (unpaired) electrons. The number of carbonyl (C=O) groups is 1. The van der Waals surface area contributed by atoms with Crippen LogP contribution in [0.4, 0.5) is 18.9 Å². The zero-order chi connectivity index (χ0) is 15.0. The summed E-state index contributed by atoms with van der Waals surface area (Å²) < 4.78 is 31.1. The topological polar surface area (TPSA) is 29.1 Å². The molecule has 0 spiro atoms. The molecule has 1 amide bonds.